The van der Waals surface area contributed by atoms with Gasteiger partial charge in [0.15, 0.2) is 9.84 Å². The lowest BCUT2D eigenvalue weighted by Crippen LogP contribution is -2.40. The highest BCUT2D eigenvalue weighted by atomic mass is 32.2. The number of sulfone groups is 1. The van der Waals surface area contributed by atoms with Gasteiger partial charge in [0.1, 0.15) is 11.5 Å². The van der Waals surface area contributed by atoms with Gasteiger partial charge in [-0.05, 0) is 55.3 Å². The van der Waals surface area contributed by atoms with Crippen LogP contribution >= 0.6 is 0 Å². The molecule has 0 radical (unpaired) electrons. The third-order valence-electron chi connectivity index (χ3n) is 4.81. The second-order valence-corrected chi connectivity index (χ2v) is 9.03. The predicted molar refractivity (Wildman–Crippen MR) is 108 cm³/mol. The van der Waals surface area contributed by atoms with Crippen LogP contribution in [0.25, 0.3) is 0 Å². The van der Waals surface area contributed by atoms with Crippen molar-refractivity contribution in [3.63, 3.8) is 0 Å². The van der Waals surface area contributed by atoms with E-state index < -0.39 is 9.84 Å². The zero-order valence-corrected chi connectivity index (χ0v) is 16.9. The van der Waals surface area contributed by atoms with E-state index in [1.807, 2.05) is 31.2 Å². The first-order valence-electron chi connectivity index (χ1n) is 9.29. The van der Waals surface area contributed by atoms with Gasteiger partial charge >= 0.3 is 0 Å². The number of hydrogen-bond donors (Lipinski definition) is 0. The number of nitrogens with zero attached hydrogens (tertiary/aromatic N) is 1. The quantitative estimate of drug-likeness (QED) is 0.711. The molecular formula is C21H25NO5S. The SMILES string of the molecule is CCOc1ccc(C(=O)N(Cc2cccc(OC)c2)[C@@H]2CCS(=O)(=O)C2)cc1. The molecule has 1 atom stereocenters. The Labute approximate surface area is 166 Å². The average Bonchev–Trinajstić information content (AvgIpc) is 3.06. The standard InChI is InChI=1S/C21H25NO5S/c1-3-27-19-9-7-17(8-10-19)21(23)22(18-11-12-28(24,25)15-18)14-16-5-4-6-20(13-16)26-2/h4-10,13,18H,3,11-12,14-15H2,1-2H3/t18-/m1/s1. The Balaban J connectivity index is 1.87. The van der Waals surface area contributed by atoms with Crippen molar-refractivity contribution in [2.75, 3.05) is 25.2 Å². The van der Waals surface area contributed by atoms with Gasteiger partial charge in [0.25, 0.3) is 5.91 Å². The Hall–Kier alpha value is -2.54. The van der Waals surface area contributed by atoms with E-state index in [4.69, 9.17) is 9.47 Å². The van der Waals surface area contributed by atoms with Crippen molar-refractivity contribution in [2.24, 2.45) is 0 Å². The van der Waals surface area contributed by atoms with Crippen LogP contribution in [0.15, 0.2) is 48.5 Å². The Morgan fingerprint density at radius 3 is 2.50 bits per heavy atom. The average molecular weight is 404 g/mol. The molecule has 150 valence electrons. The number of carbonyl (C=O) groups is 1. The summed E-state index contributed by atoms with van der Waals surface area (Å²) in [6, 6.07) is 14.1. The molecule has 2 aromatic carbocycles. The molecular weight excluding hydrogens is 378 g/mol. The Kier molecular flexibility index (Phi) is 6.24. The van der Waals surface area contributed by atoms with Crippen LogP contribution in [0.4, 0.5) is 0 Å². The van der Waals surface area contributed by atoms with Gasteiger partial charge in [0, 0.05) is 18.2 Å². The number of methoxy groups -OCH3 is 1. The molecule has 1 aliphatic rings. The first-order valence-corrected chi connectivity index (χ1v) is 11.1. The van der Waals surface area contributed by atoms with Crippen molar-refractivity contribution in [2.45, 2.75) is 25.9 Å². The largest absolute Gasteiger partial charge is 0.497 e. The van der Waals surface area contributed by atoms with Gasteiger partial charge < -0.3 is 14.4 Å². The summed E-state index contributed by atoms with van der Waals surface area (Å²) in [5, 5.41) is 0. The molecule has 0 aliphatic carbocycles. The zero-order valence-electron chi connectivity index (χ0n) is 16.1. The molecule has 1 aliphatic heterocycles. The summed E-state index contributed by atoms with van der Waals surface area (Å²) in [5.41, 5.74) is 1.40. The van der Waals surface area contributed by atoms with Crippen molar-refractivity contribution in [3.8, 4) is 11.5 Å². The number of hydrogen-bond acceptors (Lipinski definition) is 5. The smallest absolute Gasteiger partial charge is 0.254 e. The lowest BCUT2D eigenvalue weighted by atomic mass is 10.1. The Morgan fingerprint density at radius 2 is 1.89 bits per heavy atom. The van der Waals surface area contributed by atoms with Crippen LogP contribution < -0.4 is 9.47 Å². The molecule has 7 heteroatoms. The van der Waals surface area contributed by atoms with Gasteiger partial charge in [0.05, 0.1) is 25.2 Å². The van der Waals surface area contributed by atoms with Crippen molar-refractivity contribution in [3.05, 3.63) is 59.7 Å². The molecule has 0 bridgehead atoms. The minimum atomic E-state index is -3.11. The number of rotatable bonds is 7. The van der Waals surface area contributed by atoms with Crippen LogP contribution in [0.3, 0.4) is 0 Å². The van der Waals surface area contributed by atoms with E-state index in [2.05, 4.69) is 0 Å². The highest BCUT2D eigenvalue weighted by Gasteiger charge is 2.35. The molecule has 1 heterocycles. The minimum Gasteiger partial charge on any atom is -0.497 e. The molecule has 6 nitrogen and oxygen atoms in total. The summed E-state index contributed by atoms with van der Waals surface area (Å²) in [5.74, 6) is 1.32. The fourth-order valence-corrected chi connectivity index (χ4v) is 5.11. The number of amides is 1. The van der Waals surface area contributed by atoms with Gasteiger partial charge in [-0.3, -0.25) is 4.79 Å². The highest BCUT2D eigenvalue weighted by molar-refractivity contribution is 7.91. The molecule has 2 aromatic rings. The lowest BCUT2D eigenvalue weighted by molar-refractivity contribution is 0.0680. The van der Waals surface area contributed by atoms with Crippen molar-refractivity contribution >= 4 is 15.7 Å². The molecule has 3 rings (SSSR count). The Bertz CT molecular complexity index is 924. The van der Waals surface area contributed by atoms with Gasteiger partial charge in [0.2, 0.25) is 0 Å². The molecule has 0 spiro atoms. The van der Waals surface area contributed by atoms with E-state index in [-0.39, 0.29) is 23.5 Å². The molecule has 0 aromatic heterocycles. The summed E-state index contributed by atoms with van der Waals surface area (Å²) < 4.78 is 34.7. The molecule has 1 saturated heterocycles. The molecule has 0 unspecified atom stereocenters. The van der Waals surface area contributed by atoms with Crippen LogP contribution in [0.5, 0.6) is 11.5 Å². The van der Waals surface area contributed by atoms with Gasteiger partial charge in [-0.25, -0.2) is 8.42 Å². The summed E-state index contributed by atoms with van der Waals surface area (Å²) in [6.07, 6.45) is 0.453. The van der Waals surface area contributed by atoms with Crippen LogP contribution in [0.1, 0.15) is 29.3 Å². The molecule has 1 amide bonds. The topological polar surface area (TPSA) is 72.9 Å². The second kappa shape index (κ2) is 8.65. The molecule has 28 heavy (non-hydrogen) atoms. The predicted octanol–water partition coefficient (Wildman–Crippen LogP) is 2.92. The fraction of sp³-hybridized carbons (Fsp3) is 0.381. The summed E-state index contributed by atoms with van der Waals surface area (Å²) in [6.45, 7) is 2.77. The van der Waals surface area contributed by atoms with Gasteiger partial charge in [-0.2, -0.15) is 0 Å². The summed E-state index contributed by atoms with van der Waals surface area (Å²) >= 11 is 0. The van der Waals surface area contributed by atoms with Gasteiger partial charge in [-0.15, -0.1) is 0 Å². The monoisotopic (exact) mass is 403 g/mol. The third-order valence-corrected chi connectivity index (χ3v) is 6.56. The summed E-state index contributed by atoms with van der Waals surface area (Å²) in [4.78, 5) is 14.9. The second-order valence-electron chi connectivity index (χ2n) is 6.80. The zero-order chi connectivity index (χ0) is 20.1. The van der Waals surface area contributed by atoms with Crippen molar-refractivity contribution in [1.29, 1.82) is 0 Å². The third kappa shape index (κ3) is 4.84. The number of benzene rings is 2. The van der Waals surface area contributed by atoms with E-state index in [1.165, 1.54) is 0 Å². The highest BCUT2D eigenvalue weighted by Crippen LogP contribution is 2.24. The van der Waals surface area contributed by atoms with E-state index >= 15 is 0 Å². The first kappa shape index (κ1) is 20.2. The molecule has 0 N–H and O–H groups in total. The Morgan fingerprint density at radius 1 is 1.14 bits per heavy atom. The summed E-state index contributed by atoms with van der Waals surface area (Å²) in [7, 11) is -1.53. The normalized spacial score (nSPS) is 17.9. The number of ether oxygens (including phenoxy) is 2. The lowest BCUT2D eigenvalue weighted by Gasteiger charge is -2.28. The van der Waals surface area contributed by atoms with Crippen LogP contribution in [-0.2, 0) is 16.4 Å². The van der Waals surface area contributed by atoms with Crippen LogP contribution in [0.2, 0.25) is 0 Å². The van der Waals surface area contributed by atoms with E-state index in [9.17, 15) is 13.2 Å². The van der Waals surface area contributed by atoms with E-state index in [0.29, 0.717) is 36.6 Å². The fourth-order valence-electron chi connectivity index (χ4n) is 3.38. The van der Waals surface area contributed by atoms with Crippen LogP contribution in [0, 0.1) is 0 Å². The van der Waals surface area contributed by atoms with Crippen molar-refractivity contribution in [1.82, 2.24) is 4.90 Å². The minimum absolute atomic E-state index is 0.000260. The maximum atomic E-state index is 13.2. The first-order chi connectivity index (χ1) is 13.4. The van der Waals surface area contributed by atoms with Crippen molar-refractivity contribution < 1.29 is 22.7 Å². The number of carbonyl (C=O) groups excluding carboxylic acids is 1. The molecule has 1 fully saturated rings. The van der Waals surface area contributed by atoms with Gasteiger partial charge in [-0.1, -0.05) is 12.1 Å². The molecule has 0 saturated carbocycles. The van der Waals surface area contributed by atoms with E-state index in [1.54, 1.807) is 36.3 Å². The maximum Gasteiger partial charge on any atom is 0.254 e. The maximum absolute atomic E-state index is 13.2. The van der Waals surface area contributed by atoms with Crippen LogP contribution in [-0.4, -0.2) is 50.5 Å². The van der Waals surface area contributed by atoms with E-state index in [0.717, 1.165) is 5.56 Å².